The number of rotatable bonds is 8. The van der Waals surface area contributed by atoms with Crippen LogP contribution in [0, 0.1) is 18.3 Å². The lowest BCUT2D eigenvalue weighted by molar-refractivity contribution is -0.112. The molecule has 0 heterocycles. The van der Waals surface area contributed by atoms with E-state index in [1.807, 2.05) is 13.0 Å². The van der Waals surface area contributed by atoms with Crippen LogP contribution in [0.3, 0.4) is 0 Å². The van der Waals surface area contributed by atoms with Crippen LogP contribution in [0.5, 0.6) is 11.5 Å². The molecule has 28 heavy (non-hydrogen) atoms. The van der Waals surface area contributed by atoms with E-state index in [4.69, 9.17) is 21.1 Å². The minimum Gasteiger partial charge on any atom is -0.493 e. The van der Waals surface area contributed by atoms with E-state index in [0.29, 0.717) is 34.4 Å². The van der Waals surface area contributed by atoms with Crippen LogP contribution in [0.4, 0.5) is 5.69 Å². The van der Waals surface area contributed by atoms with E-state index in [1.165, 1.54) is 6.08 Å². The van der Waals surface area contributed by atoms with Crippen molar-refractivity contribution in [3.05, 3.63) is 58.1 Å². The first-order chi connectivity index (χ1) is 13.5. The molecule has 0 aromatic heterocycles. The Kier molecular flexibility index (Phi) is 7.91. The zero-order valence-corrected chi connectivity index (χ0v) is 17.0. The first-order valence-electron chi connectivity index (χ1n) is 8.98. The lowest BCUT2D eigenvalue weighted by Gasteiger charge is -2.11. The van der Waals surface area contributed by atoms with E-state index in [0.717, 1.165) is 18.4 Å². The van der Waals surface area contributed by atoms with Crippen molar-refractivity contribution in [2.24, 2.45) is 0 Å². The molecule has 0 aliphatic heterocycles. The number of carbonyl (C=O) groups excluding carboxylic acids is 1. The van der Waals surface area contributed by atoms with Gasteiger partial charge in [0, 0.05) is 10.7 Å². The second-order valence-corrected chi connectivity index (χ2v) is 6.61. The second-order valence-electron chi connectivity index (χ2n) is 6.20. The van der Waals surface area contributed by atoms with E-state index in [9.17, 15) is 10.1 Å². The summed E-state index contributed by atoms with van der Waals surface area (Å²) in [6, 6.07) is 12.4. The van der Waals surface area contributed by atoms with E-state index in [-0.39, 0.29) is 5.57 Å². The molecule has 0 saturated carbocycles. The molecule has 2 aromatic rings. The normalized spacial score (nSPS) is 10.9. The molecule has 1 N–H and O–H groups in total. The summed E-state index contributed by atoms with van der Waals surface area (Å²) in [5, 5.41) is 12.6. The smallest absolute Gasteiger partial charge is 0.266 e. The number of benzene rings is 2. The van der Waals surface area contributed by atoms with Crippen LogP contribution < -0.4 is 14.8 Å². The molecule has 0 aliphatic rings. The first-order valence-corrected chi connectivity index (χ1v) is 9.36. The van der Waals surface area contributed by atoms with Crippen molar-refractivity contribution in [3.63, 3.8) is 0 Å². The van der Waals surface area contributed by atoms with Crippen molar-refractivity contribution >= 4 is 29.3 Å². The summed E-state index contributed by atoms with van der Waals surface area (Å²) in [6.45, 7) is 4.57. The van der Waals surface area contributed by atoms with E-state index >= 15 is 0 Å². The minimum atomic E-state index is -0.510. The van der Waals surface area contributed by atoms with Gasteiger partial charge in [-0.25, -0.2) is 0 Å². The summed E-state index contributed by atoms with van der Waals surface area (Å²) in [5.41, 5.74) is 2.06. The Labute approximate surface area is 170 Å². The van der Waals surface area contributed by atoms with Gasteiger partial charge in [0.15, 0.2) is 11.5 Å². The topological polar surface area (TPSA) is 71.3 Å². The molecule has 6 heteroatoms. The van der Waals surface area contributed by atoms with Gasteiger partial charge in [0.1, 0.15) is 11.6 Å². The Hall–Kier alpha value is -2.97. The summed E-state index contributed by atoms with van der Waals surface area (Å²) in [7, 11) is 1.55. The fourth-order valence-corrected chi connectivity index (χ4v) is 2.58. The van der Waals surface area contributed by atoms with Gasteiger partial charge in [-0.1, -0.05) is 37.1 Å². The largest absolute Gasteiger partial charge is 0.493 e. The molecule has 2 aromatic carbocycles. The number of carbonyl (C=O) groups is 1. The van der Waals surface area contributed by atoms with Crippen molar-refractivity contribution in [1.82, 2.24) is 0 Å². The Morgan fingerprint density at radius 3 is 2.68 bits per heavy atom. The van der Waals surface area contributed by atoms with Crippen molar-refractivity contribution in [1.29, 1.82) is 5.26 Å². The third-order valence-corrected chi connectivity index (χ3v) is 4.46. The summed E-state index contributed by atoms with van der Waals surface area (Å²) in [5.74, 6) is 0.669. The fraction of sp³-hybridized carbons (Fsp3) is 0.273. The second kappa shape index (κ2) is 10.4. The van der Waals surface area contributed by atoms with Gasteiger partial charge in [0.05, 0.1) is 13.7 Å². The van der Waals surface area contributed by atoms with Crippen LogP contribution in [0.15, 0.2) is 42.0 Å². The van der Waals surface area contributed by atoms with Gasteiger partial charge >= 0.3 is 0 Å². The van der Waals surface area contributed by atoms with E-state index in [1.54, 1.807) is 43.5 Å². The number of hydrogen-bond donors (Lipinski definition) is 1. The highest BCUT2D eigenvalue weighted by Crippen LogP contribution is 2.29. The summed E-state index contributed by atoms with van der Waals surface area (Å²) >= 11 is 6.08. The Balaban J connectivity index is 2.19. The van der Waals surface area contributed by atoms with Gasteiger partial charge in [-0.15, -0.1) is 0 Å². The summed E-state index contributed by atoms with van der Waals surface area (Å²) in [4.78, 5) is 12.4. The molecule has 2 rings (SSSR count). The van der Waals surface area contributed by atoms with Gasteiger partial charge in [-0.3, -0.25) is 4.79 Å². The number of nitrogens with one attached hydrogen (secondary N) is 1. The molecule has 0 fully saturated rings. The highest BCUT2D eigenvalue weighted by Gasteiger charge is 2.12. The highest BCUT2D eigenvalue weighted by molar-refractivity contribution is 6.31. The summed E-state index contributed by atoms with van der Waals surface area (Å²) in [6.07, 6.45) is 3.49. The molecule has 0 bridgehead atoms. The number of ether oxygens (including phenoxy) is 2. The maximum Gasteiger partial charge on any atom is 0.266 e. The number of aryl methyl sites for hydroxylation is 1. The quantitative estimate of drug-likeness (QED) is 0.368. The van der Waals surface area contributed by atoms with Gasteiger partial charge in [0.25, 0.3) is 5.91 Å². The Morgan fingerprint density at radius 2 is 2.04 bits per heavy atom. The number of methoxy groups -OCH3 is 1. The molecular formula is C22H23ClN2O3. The van der Waals surface area contributed by atoms with Crippen LogP contribution in [0.25, 0.3) is 6.08 Å². The molecule has 0 radical (unpaired) electrons. The molecule has 0 spiro atoms. The molecule has 0 atom stereocenters. The molecule has 146 valence electrons. The fourth-order valence-electron chi connectivity index (χ4n) is 2.40. The van der Waals surface area contributed by atoms with Gasteiger partial charge < -0.3 is 14.8 Å². The number of unbranched alkanes of at least 4 members (excludes halogenated alkanes) is 1. The monoisotopic (exact) mass is 398 g/mol. The Morgan fingerprint density at radius 1 is 1.25 bits per heavy atom. The van der Waals surface area contributed by atoms with Crippen LogP contribution in [-0.4, -0.2) is 19.6 Å². The molecule has 5 nitrogen and oxygen atoms in total. The third-order valence-electron chi connectivity index (χ3n) is 4.05. The van der Waals surface area contributed by atoms with Gasteiger partial charge in [-0.05, 0) is 54.8 Å². The molecule has 0 saturated heterocycles. The zero-order chi connectivity index (χ0) is 20.5. The Bertz CT molecular complexity index is 916. The molecular weight excluding hydrogens is 376 g/mol. The molecule has 0 aliphatic carbocycles. The number of halogens is 1. The van der Waals surface area contributed by atoms with Crippen molar-refractivity contribution in [2.45, 2.75) is 26.7 Å². The van der Waals surface area contributed by atoms with Crippen LogP contribution in [0.2, 0.25) is 5.02 Å². The van der Waals surface area contributed by atoms with Crippen molar-refractivity contribution in [2.75, 3.05) is 19.0 Å². The molecule has 0 unspecified atom stereocenters. The number of anilines is 1. The SMILES string of the molecule is CCCCOc1ccc(/C=C(\C#N)C(=O)Nc2ccc(C)c(Cl)c2)cc1OC. The first kappa shape index (κ1) is 21.3. The summed E-state index contributed by atoms with van der Waals surface area (Å²) < 4.78 is 11.1. The maximum absolute atomic E-state index is 12.4. The third kappa shape index (κ3) is 5.77. The lowest BCUT2D eigenvalue weighted by atomic mass is 10.1. The number of amides is 1. The van der Waals surface area contributed by atoms with Gasteiger partial charge in [-0.2, -0.15) is 5.26 Å². The van der Waals surface area contributed by atoms with Crippen LogP contribution in [-0.2, 0) is 4.79 Å². The van der Waals surface area contributed by atoms with Crippen molar-refractivity contribution < 1.29 is 14.3 Å². The number of hydrogen-bond acceptors (Lipinski definition) is 4. The van der Waals surface area contributed by atoms with E-state index < -0.39 is 5.91 Å². The lowest BCUT2D eigenvalue weighted by Crippen LogP contribution is -2.13. The molecule has 1 amide bonds. The standard InChI is InChI=1S/C22H23ClN2O3/c1-4-5-10-28-20-9-7-16(12-21(20)27-3)11-17(14-24)22(26)25-18-8-6-15(2)19(23)13-18/h6-9,11-13H,4-5,10H2,1-3H3,(H,25,26)/b17-11+. The zero-order valence-electron chi connectivity index (χ0n) is 16.2. The predicted molar refractivity (Wildman–Crippen MR) is 112 cm³/mol. The van der Waals surface area contributed by atoms with Gasteiger partial charge in [0.2, 0.25) is 0 Å². The minimum absolute atomic E-state index is 0.0293. The highest BCUT2D eigenvalue weighted by atomic mass is 35.5. The maximum atomic E-state index is 12.4. The average Bonchev–Trinajstić information content (AvgIpc) is 2.69. The number of nitrogens with zero attached hydrogens (tertiary/aromatic N) is 1. The van der Waals surface area contributed by atoms with E-state index in [2.05, 4.69) is 12.2 Å². The average molecular weight is 399 g/mol. The predicted octanol–water partition coefficient (Wildman–Crippen LogP) is 5.38. The van der Waals surface area contributed by atoms with Crippen molar-refractivity contribution in [3.8, 4) is 17.6 Å². The van der Waals surface area contributed by atoms with Crippen LogP contribution in [0.1, 0.15) is 30.9 Å². The van der Waals surface area contributed by atoms with Crippen LogP contribution >= 0.6 is 11.6 Å². The number of nitriles is 1.